The highest BCUT2D eigenvalue weighted by Gasteiger charge is 2.13. The van der Waals surface area contributed by atoms with Gasteiger partial charge in [0.05, 0.1) is 0 Å². The second-order valence-corrected chi connectivity index (χ2v) is 2.74. The van der Waals surface area contributed by atoms with E-state index in [1.54, 1.807) is 12.1 Å². The Labute approximate surface area is 75.0 Å². The molecule has 1 aromatic carbocycles. The first-order valence-electron chi connectivity index (χ1n) is 3.81. The number of nitrogens with two attached hydrogens (primary N) is 1. The van der Waals surface area contributed by atoms with Crippen LogP contribution in [-0.2, 0) is 11.2 Å². The summed E-state index contributed by atoms with van der Waals surface area (Å²) in [7, 11) is 0. The molecule has 0 spiro atoms. The maximum atomic E-state index is 12.8. The molecule has 0 aliphatic carbocycles. The second-order valence-electron chi connectivity index (χ2n) is 2.74. The quantitative estimate of drug-likeness (QED) is 0.726. The largest absolute Gasteiger partial charge is 0.508 e. The normalized spacial score (nSPS) is 12.4. The number of carbonyl (C=O) groups excluding carboxylic acids is 1. The van der Waals surface area contributed by atoms with Crippen molar-refractivity contribution in [3.05, 3.63) is 29.8 Å². The van der Waals surface area contributed by atoms with Gasteiger partial charge < -0.3 is 10.8 Å². The van der Waals surface area contributed by atoms with E-state index in [1.807, 2.05) is 0 Å². The highest BCUT2D eigenvalue weighted by atomic mass is 19.1. The van der Waals surface area contributed by atoms with Gasteiger partial charge in [0.2, 0.25) is 0 Å². The van der Waals surface area contributed by atoms with Crippen molar-refractivity contribution in [2.45, 2.75) is 12.6 Å². The van der Waals surface area contributed by atoms with Gasteiger partial charge in [-0.05, 0) is 17.7 Å². The van der Waals surface area contributed by atoms with E-state index in [-0.39, 0.29) is 12.2 Å². The van der Waals surface area contributed by atoms with Crippen molar-refractivity contribution in [1.82, 2.24) is 0 Å². The van der Waals surface area contributed by atoms with Gasteiger partial charge in [0.15, 0.2) is 6.17 Å². The number of amides is 1. The zero-order valence-electron chi connectivity index (χ0n) is 6.90. The standard InChI is InChI=1S/C9H10FNO2/c10-8(9(11)13)5-6-2-1-3-7(12)4-6/h1-4,8,12H,5H2,(H2,11,13). The summed E-state index contributed by atoms with van der Waals surface area (Å²) in [6.07, 6.45) is -1.79. The number of phenolic OH excluding ortho intramolecular Hbond substituents is 1. The molecule has 1 amide bonds. The van der Waals surface area contributed by atoms with Crippen LogP contribution in [0.3, 0.4) is 0 Å². The van der Waals surface area contributed by atoms with Crippen molar-refractivity contribution in [3.63, 3.8) is 0 Å². The van der Waals surface area contributed by atoms with E-state index in [0.717, 1.165) is 0 Å². The third-order valence-corrected chi connectivity index (χ3v) is 1.63. The number of benzene rings is 1. The number of hydrogen-bond acceptors (Lipinski definition) is 2. The molecule has 0 aliphatic heterocycles. The van der Waals surface area contributed by atoms with Crippen LogP contribution in [0.5, 0.6) is 5.75 Å². The van der Waals surface area contributed by atoms with Crippen LogP contribution >= 0.6 is 0 Å². The lowest BCUT2D eigenvalue weighted by Gasteiger charge is -2.03. The Bertz CT molecular complexity index is 314. The second kappa shape index (κ2) is 3.89. The number of hydrogen-bond donors (Lipinski definition) is 2. The summed E-state index contributed by atoms with van der Waals surface area (Å²) in [6, 6.07) is 6.07. The van der Waals surface area contributed by atoms with Gasteiger partial charge in [-0.1, -0.05) is 12.1 Å². The van der Waals surface area contributed by atoms with Gasteiger partial charge in [-0.2, -0.15) is 0 Å². The molecular formula is C9H10FNO2. The predicted molar refractivity (Wildman–Crippen MR) is 45.9 cm³/mol. The minimum atomic E-state index is -1.69. The summed E-state index contributed by atoms with van der Waals surface area (Å²) in [5, 5.41) is 9.03. The number of phenols is 1. The van der Waals surface area contributed by atoms with Crippen LogP contribution in [0.4, 0.5) is 4.39 Å². The molecule has 0 radical (unpaired) electrons. The highest BCUT2D eigenvalue weighted by Crippen LogP contribution is 2.13. The van der Waals surface area contributed by atoms with E-state index < -0.39 is 12.1 Å². The monoisotopic (exact) mass is 183 g/mol. The molecule has 0 saturated carbocycles. The molecule has 1 rings (SSSR count). The summed E-state index contributed by atoms with van der Waals surface area (Å²) in [4.78, 5) is 10.4. The van der Waals surface area contributed by atoms with E-state index in [9.17, 15) is 9.18 Å². The molecule has 1 atom stereocenters. The van der Waals surface area contributed by atoms with E-state index in [4.69, 9.17) is 10.8 Å². The third kappa shape index (κ3) is 2.74. The lowest BCUT2D eigenvalue weighted by molar-refractivity contribution is -0.122. The van der Waals surface area contributed by atoms with Crippen LogP contribution in [0.1, 0.15) is 5.56 Å². The number of alkyl halides is 1. The van der Waals surface area contributed by atoms with Crippen LogP contribution < -0.4 is 5.73 Å². The Morgan fingerprint density at radius 2 is 2.31 bits per heavy atom. The molecule has 70 valence electrons. The maximum Gasteiger partial charge on any atom is 0.252 e. The van der Waals surface area contributed by atoms with Crippen LogP contribution in [0.25, 0.3) is 0 Å². The lowest BCUT2D eigenvalue weighted by atomic mass is 10.1. The fourth-order valence-corrected chi connectivity index (χ4v) is 0.991. The smallest absolute Gasteiger partial charge is 0.252 e. The number of halogens is 1. The van der Waals surface area contributed by atoms with Crippen molar-refractivity contribution in [3.8, 4) is 5.75 Å². The van der Waals surface area contributed by atoms with Gasteiger partial charge in [0.1, 0.15) is 5.75 Å². The molecular weight excluding hydrogens is 173 g/mol. The molecule has 1 aromatic rings. The molecule has 4 heteroatoms. The van der Waals surface area contributed by atoms with Gasteiger partial charge in [-0.25, -0.2) is 4.39 Å². The molecule has 0 heterocycles. The molecule has 13 heavy (non-hydrogen) atoms. The first-order valence-corrected chi connectivity index (χ1v) is 3.81. The number of aromatic hydroxyl groups is 1. The van der Waals surface area contributed by atoms with Crippen LogP contribution in [0.2, 0.25) is 0 Å². The Kier molecular flexibility index (Phi) is 2.84. The predicted octanol–water partition coefficient (Wildman–Crippen LogP) is 0.758. The number of carbonyl (C=O) groups is 1. The summed E-state index contributed by atoms with van der Waals surface area (Å²) >= 11 is 0. The Hall–Kier alpha value is -1.58. The van der Waals surface area contributed by atoms with Crippen LogP contribution in [0.15, 0.2) is 24.3 Å². The molecule has 0 bridgehead atoms. The number of rotatable bonds is 3. The van der Waals surface area contributed by atoms with E-state index in [0.29, 0.717) is 5.56 Å². The minimum Gasteiger partial charge on any atom is -0.508 e. The summed E-state index contributed by atoms with van der Waals surface area (Å²) in [5.41, 5.74) is 5.29. The van der Waals surface area contributed by atoms with Crippen molar-refractivity contribution in [2.75, 3.05) is 0 Å². The van der Waals surface area contributed by atoms with Gasteiger partial charge >= 0.3 is 0 Å². The van der Waals surface area contributed by atoms with Gasteiger partial charge in [0.25, 0.3) is 5.91 Å². The molecule has 3 nitrogen and oxygen atoms in total. The Balaban J connectivity index is 2.69. The van der Waals surface area contributed by atoms with Crippen molar-refractivity contribution >= 4 is 5.91 Å². The van der Waals surface area contributed by atoms with Crippen LogP contribution in [0, 0.1) is 0 Å². The van der Waals surface area contributed by atoms with Crippen molar-refractivity contribution < 1.29 is 14.3 Å². The highest BCUT2D eigenvalue weighted by molar-refractivity contribution is 5.78. The average molecular weight is 183 g/mol. The molecule has 1 unspecified atom stereocenters. The van der Waals surface area contributed by atoms with Gasteiger partial charge in [0, 0.05) is 6.42 Å². The van der Waals surface area contributed by atoms with Crippen molar-refractivity contribution in [1.29, 1.82) is 0 Å². The molecule has 0 fully saturated rings. The number of primary amides is 1. The first-order chi connectivity index (χ1) is 6.09. The molecule has 3 N–H and O–H groups in total. The first kappa shape index (κ1) is 9.51. The summed E-state index contributed by atoms with van der Waals surface area (Å²) < 4.78 is 12.8. The SMILES string of the molecule is NC(=O)C(F)Cc1cccc(O)c1. The zero-order valence-corrected chi connectivity index (χ0v) is 6.90. The Morgan fingerprint density at radius 3 is 2.85 bits per heavy atom. The van der Waals surface area contributed by atoms with Gasteiger partial charge in [-0.3, -0.25) is 4.79 Å². The molecule has 0 saturated heterocycles. The van der Waals surface area contributed by atoms with E-state index >= 15 is 0 Å². The van der Waals surface area contributed by atoms with Crippen LogP contribution in [-0.4, -0.2) is 17.2 Å². The minimum absolute atomic E-state index is 0.0502. The summed E-state index contributed by atoms with van der Waals surface area (Å²) in [6.45, 7) is 0. The lowest BCUT2D eigenvalue weighted by Crippen LogP contribution is -2.26. The zero-order chi connectivity index (χ0) is 9.84. The Morgan fingerprint density at radius 1 is 1.62 bits per heavy atom. The maximum absolute atomic E-state index is 12.8. The van der Waals surface area contributed by atoms with E-state index in [2.05, 4.69) is 0 Å². The molecule has 0 aliphatic rings. The average Bonchev–Trinajstić information content (AvgIpc) is 2.04. The van der Waals surface area contributed by atoms with Gasteiger partial charge in [-0.15, -0.1) is 0 Å². The molecule has 0 aromatic heterocycles. The topological polar surface area (TPSA) is 63.3 Å². The van der Waals surface area contributed by atoms with Crippen molar-refractivity contribution in [2.24, 2.45) is 5.73 Å². The van der Waals surface area contributed by atoms with E-state index in [1.165, 1.54) is 12.1 Å². The fourth-order valence-electron chi connectivity index (χ4n) is 0.991. The fraction of sp³-hybridized carbons (Fsp3) is 0.222. The third-order valence-electron chi connectivity index (χ3n) is 1.63. The summed E-state index contributed by atoms with van der Waals surface area (Å²) in [5.74, 6) is -0.933.